The maximum Gasteiger partial charge on any atom is 0.347 e. The third-order valence-corrected chi connectivity index (χ3v) is 4.84. The molecule has 1 unspecified atom stereocenters. The highest BCUT2D eigenvalue weighted by Crippen LogP contribution is 2.35. The highest BCUT2D eigenvalue weighted by atomic mass is 16.6. The molecule has 172 valence electrons. The minimum atomic E-state index is -0.752. The van der Waals surface area contributed by atoms with E-state index in [-0.39, 0.29) is 24.8 Å². The number of rotatable bonds is 10. The molecule has 3 rings (SSSR count). The summed E-state index contributed by atoms with van der Waals surface area (Å²) >= 11 is 0. The number of nitrogens with zero attached hydrogens (tertiary/aromatic N) is 2. The standard InChI is InChI=1S/C25H27N3O5/c1-4-32-24(29)21(25(30)33-5-2)16-27-19-11-12-22(31-3)20(15-19)23(28-14-13-26-17-28)18-9-7-6-8-10-18/h6-17,23,27H,4-5H2,1-3H3. The number of methoxy groups -OCH3 is 1. The van der Waals surface area contributed by atoms with Gasteiger partial charge in [-0.25, -0.2) is 14.6 Å². The predicted molar refractivity (Wildman–Crippen MR) is 124 cm³/mol. The van der Waals surface area contributed by atoms with Crippen molar-refractivity contribution in [2.45, 2.75) is 19.9 Å². The molecule has 33 heavy (non-hydrogen) atoms. The summed E-state index contributed by atoms with van der Waals surface area (Å²) in [5.74, 6) is -0.821. The van der Waals surface area contributed by atoms with Crippen molar-refractivity contribution in [2.75, 3.05) is 25.6 Å². The number of nitrogens with one attached hydrogen (secondary N) is 1. The van der Waals surface area contributed by atoms with Crippen molar-refractivity contribution in [3.8, 4) is 5.75 Å². The second-order valence-electron chi connectivity index (χ2n) is 6.92. The van der Waals surface area contributed by atoms with Crippen LogP contribution in [0.25, 0.3) is 0 Å². The molecule has 1 N–H and O–H groups in total. The van der Waals surface area contributed by atoms with Gasteiger partial charge in [0, 0.05) is 29.8 Å². The third-order valence-electron chi connectivity index (χ3n) is 4.84. The number of aromatic nitrogens is 2. The van der Waals surface area contributed by atoms with Gasteiger partial charge in [0.1, 0.15) is 5.75 Å². The summed E-state index contributed by atoms with van der Waals surface area (Å²) in [6, 6.07) is 15.3. The van der Waals surface area contributed by atoms with Crippen LogP contribution in [0.15, 0.2) is 79.0 Å². The zero-order chi connectivity index (χ0) is 23.6. The molecule has 0 saturated carbocycles. The number of ether oxygens (including phenoxy) is 3. The molecule has 1 aromatic heterocycles. The summed E-state index contributed by atoms with van der Waals surface area (Å²) in [7, 11) is 1.61. The van der Waals surface area contributed by atoms with Crippen LogP contribution in [-0.4, -0.2) is 41.8 Å². The summed E-state index contributed by atoms with van der Waals surface area (Å²) in [6.45, 7) is 3.63. The Kier molecular flexibility index (Phi) is 8.24. The Bertz CT molecular complexity index is 1070. The van der Waals surface area contributed by atoms with Gasteiger partial charge in [-0.05, 0) is 37.6 Å². The summed E-state index contributed by atoms with van der Waals surface area (Å²) in [4.78, 5) is 28.7. The van der Waals surface area contributed by atoms with Crippen LogP contribution in [-0.2, 0) is 19.1 Å². The van der Waals surface area contributed by atoms with Crippen molar-refractivity contribution in [3.05, 3.63) is 90.2 Å². The number of hydrogen-bond acceptors (Lipinski definition) is 7. The van der Waals surface area contributed by atoms with Crippen molar-refractivity contribution < 1.29 is 23.8 Å². The van der Waals surface area contributed by atoms with E-state index in [1.54, 1.807) is 39.5 Å². The zero-order valence-corrected chi connectivity index (χ0v) is 18.9. The predicted octanol–water partition coefficient (Wildman–Crippen LogP) is 3.95. The van der Waals surface area contributed by atoms with Crippen molar-refractivity contribution in [3.63, 3.8) is 0 Å². The van der Waals surface area contributed by atoms with Gasteiger partial charge < -0.3 is 24.1 Å². The molecule has 0 amide bonds. The number of hydrogen-bond donors (Lipinski definition) is 1. The largest absolute Gasteiger partial charge is 0.496 e. The zero-order valence-electron chi connectivity index (χ0n) is 18.9. The molecule has 0 spiro atoms. The first-order valence-electron chi connectivity index (χ1n) is 10.6. The average molecular weight is 450 g/mol. The van der Waals surface area contributed by atoms with Gasteiger partial charge in [0.2, 0.25) is 0 Å². The smallest absolute Gasteiger partial charge is 0.347 e. The maximum atomic E-state index is 12.2. The number of imidazole rings is 1. The molecular weight excluding hydrogens is 422 g/mol. The SMILES string of the molecule is CCOC(=O)C(=CNc1ccc(OC)c(C(c2ccccc2)n2ccnc2)c1)C(=O)OCC. The van der Waals surface area contributed by atoms with Crippen molar-refractivity contribution in [1.29, 1.82) is 0 Å². The second kappa shape index (κ2) is 11.5. The molecule has 0 aliphatic rings. The lowest BCUT2D eigenvalue weighted by atomic mass is 9.97. The number of anilines is 1. The first-order valence-corrected chi connectivity index (χ1v) is 10.6. The third kappa shape index (κ3) is 5.79. The first-order chi connectivity index (χ1) is 16.1. The molecular formula is C25H27N3O5. The first kappa shape index (κ1) is 23.6. The van der Waals surface area contributed by atoms with Crippen molar-refractivity contribution >= 4 is 17.6 Å². The molecule has 3 aromatic rings. The monoisotopic (exact) mass is 449 g/mol. The molecule has 0 radical (unpaired) electrons. The molecule has 0 aliphatic carbocycles. The summed E-state index contributed by atoms with van der Waals surface area (Å²) in [6.07, 6.45) is 6.65. The summed E-state index contributed by atoms with van der Waals surface area (Å²) in [5, 5.41) is 3.02. The van der Waals surface area contributed by atoms with Crippen LogP contribution in [0.2, 0.25) is 0 Å². The van der Waals surface area contributed by atoms with Gasteiger partial charge >= 0.3 is 11.9 Å². The van der Waals surface area contributed by atoms with E-state index in [0.29, 0.717) is 11.4 Å². The molecule has 8 heteroatoms. The topological polar surface area (TPSA) is 91.7 Å². The molecule has 0 fully saturated rings. The average Bonchev–Trinajstić information content (AvgIpc) is 3.35. The fourth-order valence-electron chi connectivity index (χ4n) is 3.38. The Morgan fingerprint density at radius 3 is 2.33 bits per heavy atom. The fraction of sp³-hybridized carbons (Fsp3) is 0.240. The van der Waals surface area contributed by atoms with Crippen molar-refractivity contribution in [2.24, 2.45) is 0 Å². The van der Waals surface area contributed by atoms with Gasteiger partial charge in [-0.3, -0.25) is 0 Å². The molecule has 1 atom stereocenters. The van der Waals surface area contributed by atoms with Crippen LogP contribution in [0, 0.1) is 0 Å². The number of carbonyl (C=O) groups excluding carboxylic acids is 2. The van der Waals surface area contributed by atoms with Crippen LogP contribution in [0.1, 0.15) is 31.0 Å². The van der Waals surface area contributed by atoms with E-state index in [1.165, 1.54) is 6.20 Å². The van der Waals surface area contributed by atoms with Gasteiger partial charge in [-0.1, -0.05) is 30.3 Å². The van der Waals surface area contributed by atoms with E-state index in [2.05, 4.69) is 10.3 Å². The Morgan fingerprint density at radius 1 is 1.06 bits per heavy atom. The molecule has 8 nitrogen and oxygen atoms in total. The minimum Gasteiger partial charge on any atom is -0.496 e. The lowest BCUT2D eigenvalue weighted by Gasteiger charge is -2.22. The normalized spacial score (nSPS) is 11.2. The highest BCUT2D eigenvalue weighted by Gasteiger charge is 2.22. The molecule has 2 aromatic carbocycles. The van der Waals surface area contributed by atoms with Crippen LogP contribution >= 0.6 is 0 Å². The fourth-order valence-corrected chi connectivity index (χ4v) is 3.38. The lowest BCUT2D eigenvalue weighted by Crippen LogP contribution is -2.19. The van der Waals surface area contributed by atoms with Crippen LogP contribution < -0.4 is 10.1 Å². The lowest BCUT2D eigenvalue weighted by molar-refractivity contribution is -0.146. The van der Waals surface area contributed by atoms with Crippen LogP contribution in [0.5, 0.6) is 5.75 Å². The van der Waals surface area contributed by atoms with Gasteiger partial charge in [-0.15, -0.1) is 0 Å². The maximum absolute atomic E-state index is 12.2. The van der Waals surface area contributed by atoms with Crippen LogP contribution in [0.3, 0.4) is 0 Å². The Balaban J connectivity index is 2.01. The Hall–Kier alpha value is -4.07. The number of benzene rings is 2. The van der Waals surface area contributed by atoms with E-state index in [9.17, 15) is 9.59 Å². The Labute approximate surface area is 192 Å². The minimum absolute atomic E-state index is 0.145. The van der Waals surface area contributed by atoms with Gasteiger partial charge in [0.25, 0.3) is 0 Å². The molecule has 0 saturated heterocycles. The van der Waals surface area contributed by atoms with E-state index in [0.717, 1.165) is 11.1 Å². The highest BCUT2D eigenvalue weighted by molar-refractivity contribution is 6.14. The summed E-state index contributed by atoms with van der Waals surface area (Å²) < 4.78 is 17.6. The van der Waals surface area contributed by atoms with E-state index < -0.39 is 11.9 Å². The van der Waals surface area contributed by atoms with Gasteiger partial charge in [-0.2, -0.15) is 0 Å². The second-order valence-corrected chi connectivity index (χ2v) is 6.92. The quantitative estimate of drug-likeness (QED) is 0.217. The van der Waals surface area contributed by atoms with E-state index in [4.69, 9.17) is 14.2 Å². The van der Waals surface area contributed by atoms with Crippen molar-refractivity contribution in [1.82, 2.24) is 9.55 Å². The van der Waals surface area contributed by atoms with Crippen LogP contribution in [0.4, 0.5) is 5.69 Å². The van der Waals surface area contributed by atoms with E-state index >= 15 is 0 Å². The Morgan fingerprint density at radius 2 is 1.76 bits per heavy atom. The molecule has 1 heterocycles. The summed E-state index contributed by atoms with van der Waals surface area (Å²) in [5.41, 5.74) is 2.34. The van der Waals surface area contributed by atoms with Gasteiger partial charge in [0.15, 0.2) is 5.57 Å². The molecule has 0 aliphatic heterocycles. The number of esters is 2. The molecule has 0 bridgehead atoms. The van der Waals surface area contributed by atoms with E-state index in [1.807, 2.05) is 53.2 Å². The number of carbonyl (C=O) groups is 2. The van der Waals surface area contributed by atoms with Gasteiger partial charge in [0.05, 0.1) is 32.7 Å².